The largest absolute Gasteiger partial charge is 0.394 e. The number of imidazole rings is 1. The monoisotopic (exact) mass is 427 g/mol. The van der Waals surface area contributed by atoms with E-state index in [0.29, 0.717) is 0 Å². The standard InChI is InChI=1S/C17H26N5O6P/c1-9(2)27-29(25,28-10(3)4)13-6-5-11(12(7-23)26-13)22-8-19-14-15(22)20-17(18)21-16(14)24/h5-6,8-13,23H,7H2,1-4H3,(H3,18,20,21,24)/t11-,12-,13-/m1/s1. The highest BCUT2D eigenvalue weighted by molar-refractivity contribution is 7.54. The number of aliphatic hydroxyl groups is 1. The fourth-order valence-corrected chi connectivity index (χ4v) is 5.21. The van der Waals surface area contributed by atoms with E-state index in [4.69, 9.17) is 19.5 Å². The molecule has 0 aromatic carbocycles. The second kappa shape index (κ2) is 8.37. The molecule has 0 aliphatic carbocycles. The van der Waals surface area contributed by atoms with Crippen LogP contribution in [0.4, 0.5) is 5.95 Å². The van der Waals surface area contributed by atoms with E-state index in [1.54, 1.807) is 44.4 Å². The predicted octanol–water partition coefficient (Wildman–Crippen LogP) is 1.56. The van der Waals surface area contributed by atoms with Crippen molar-refractivity contribution in [3.63, 3.8) is 0 Å². The Kier molecular flexibility index (Phi) is 6.25. The number of anilines is 1. The van der Waals surface area contributed by atoms with Crippen molar-refractivity contribution in [3.8, 4) is 0 Å². The average Bonchev–Trinajstić information content (AvgIpc) is 3.03. The Balaban J connectivity index is 1.99. The van der Waals surface area contributed by atoms with Crippen molar-refractivity contribution in [2.45, 2.75) is 57.9 Å². The first kappa shape index (κ1) is 21.7. The Hall–Kier alpha value is -2.04. The van der Waals surface area contributed by atoms with Crippen molar-refractivity contribution < 1.29 is 23.5 Å². The average molecular weight is 427 g/mol. The maximum absolute atomic E-state index is 13.3. The van der Waals surface area contributed by atoms with E-state index in [9.17, 15) is 14.5 Å². The molecule has 3 atom stereocenters. The number of ether oxygens (including phenoxy) is 1. The lowest BCUT2D eigenvalue weighted by Gasteiger charge is -2.35. The zero-order chi connectivity index (χ0) is 21.3. The van der Waals surface area contributed by atoms with Gasteiger partial charge in [-0.2, -0.15) is 4.98 Å². The summed E-state index contributed by atoms with van der Waals surface area (Å²) >= 11 is 0. The van der Waals surface area contributed by atoms with E-state index >= 15 is 0 Å². The molecule has 0 saturated carbocycles. The Morgan fingerprint density at radius 1 is 1.31 bits per heavy atom. The number of H-pyrrole nitrogens is 1. The highest BCUT2D eigenvalue weighted by Gasteiger charge is 2.42. The van der Waals surface area contributed by atoms with Gasteiger partial charge in [0, 0.05) is 0 Å². The number of nitrogens with zero attached hydrogens (tertiary/aromatic N) is 3. The number of rotatable bonds is 7. The summed E-state index contributed by atoms with van der Waals surface area (Å²) in [7, 11) is -3.66. The zero-order valence-corrected chi connectivity index (χ0v) is 17.6. The second-order valence-corrected chi connectivity index (χ2v) is 9.26. The molecule has 3 heterocycles. The minimum Gasteiger partial charge on any atom is -0.394 e. The normalized spacial score (nSPS) is 22.8. The highest BCUT2D eigenvalue weighted by Crippen LogP contribution is 2.57. The Morgan fingerprint density at radius 3 is 2.55 bits per heavy atom. The summed E-state index contributed by atoms with van der Waals surface area (Å²) in [6, 6.07) is -0.554. The molecule has 1 aliphatic rings. The maximum atomic E-state index is 13.3. The van der Waals surface area contributed by atoms with Crippen LogP contribution >= 0.6 is 7.60 Å². The molecule has 0 unspecified atom stereocenters. The zero-order valence-electron chi connectivity index (χ0n) is 16.7. The molecule has 160 valence electrons. The number of aliphatic hydroxyl groups excluding tert-OH is 1. The summed E-state index contributed by atoms with van der Waals surface area (Å²) in [6.07, 6.45) is 3.20. The second-order valence-electron chi connectivity index (χ2n) is 7.25. The first-order valence-electron chi connectivity index (χ1n) is 9.28. The van der Waals surface area contributed by atoms with Gasteiger partial charge in [-0.1, -0.05) is 6.08 Å². The molecule has 0 radical (unpaired) electrons. The number of nitrogens with two attached hydrogens (primary N) is 1. The number of aromatic amines is 1. The molecule has 0 spiro atoms. The Labute approximate surface area is 167 Å². The fraction of sp³-hybridized carbons (Fsp3) is 0.588. The molecule has 0 bridgehead atoms. The summed E-state index contributed by atoms with van der Waals surface area (Å²) in [5, 5.41) is 9.91. The molecule has 2 aromatic rings. The molecule has 11 nitrogen and oxygen atoms in total. The van der Waals surface area contributed by atoms with Gasteiger partial charge in [0.15, 0.2) is 17.0 Å². The molecule has 0 saturated heterocycles. The summed E-state index contributed by atoms with van der Waals surface area (Å²) < 4.78 is 32.0. The lowest BCUT2D eigenvalue weighted by atomic mass is 10.1. The van der Waals surface area contributed by atoms with Crippen LogP contribution in [0.3, 0.4) is 0 Å². The number of hydrogen-bond acceptors (Lipinski definition) is 9. The van der Waals surface area contributed by atoms with Crippen LogP contribution in [0.25, 0.3) is 11.2 Å². The van der Waals surface area contributed by atoms with Crippen LogP contribution in [0.15, 0.2) is 23.3 Å². The van der Waals surface area contributed by atoms with Crippen LogP contribution in [0, 0.1) is 0 Å². The van der Waals surface area contributed by atoms with Gasteiger partial charge in [-0.15, -0.1) is 0 Å². The fourth-order valence-electron chi connectivity index (χ4n) is 3.13. The number of nitrogen functional groups attached to an aromatic ring is 1. The molecular formula is C17H26N5O6P. The highest BCUT2D eigenvalue weighted by atomic mass is 31.2. The lowest BCUT2D eigenvalue weighted by molar-refractivity contribution is -0.0326. The van der Waals surface area contributed by atoms with Crippen LogP contribution < -0.4 is 11.3 Å². The van der Waals surface area contributed by atoms with Gasteiger partial charge >= 0.3 is 7.60 Å². The number of nitrogens with one attached hydrogen (secondary N) is 1. The molecule has 29 heavy (non-hydrogen) atoms. The van der Waals surface area contributed by atoms with Crippen LogP contribution in [0.1, 0.15) is 33.7 Å². The van der Waals surface area contributed by atoms with E-state index in [2.05, 4.69) is 15.0 Å². The number of aromatic nitrogens is 4. The third-order valence-corrected chi connectivity index (χ3v) is 6.50. The van der Waals surface area contributed by atoms with Gasteiger partial charge in [-0.3, -0.25) is 14.3 Å². The summed E-state index contributed by atoms with van der Waals surface area (Å²) in [4.78, 5) is 22.6. The molecule has 0 fully saturated rings. The minimum absolute atomic E-state index is 0.0523. The van der Waals surface area contributed by atoms with Crippen LogP contribution in [-0.4, -0.2) is 55.4 Å². The van der Waals surface area contributed by atoms with Crippen LogP contribution in [0.5, 0.6) is 0 Å². The van der Waals surface area contributed by atoms with Crippen LogP contribution in [0.2, 0.25) is 0 Å². The van der Waals surface area contributed by atoms with E-state index < -0.39 is 31.1 Å². The first-order valence-corrected chi connectivity index (χ1v) is 10.9. The molecule has 1 aliphatic heterocycles. The van der Waals surface area contributed by atoms with Gasteiger partial charge < -0.3 is 29.2 Å². The number of hydrogen-bond donors (Lipinski definition) is 3. The summed E-state index contributed by atoms with van der Waals surface area (Å²) in [5.74, 6) is -1.04. The molecule has 2 aromatic heterocycles. The van der Waals surface area contributed by atoms with Gasteiger partial charge in [0.2, 0.25) is 5.95 Å². The minimum atomic E-state index is -3.66. The van der Waals surface area contributed by atoms with Gasteiger partial charge in [0.05, 0.1) is 31.2 Å². The topological polar surface area (TPSA) is 155 Å². The quantitative estimate of drug-likeness (QED) is 0.441. The summed E-state index contributed by atoms with van der Waals surface area (Å²) in [5.41, 5.74) is 5.54. The molecule has 0 amide bonds. The van der Waals surface area contributed by atoms with Gasteiger partial charge in [0.25, 0.3) is 5.56 Å². The smallest absolute Gasteiger partial charge is 0.363 e. The van der Waals surface area contributed by atoms with E-state index in [1.165, 1.54) is 6.33 Å². The third kappa shape index (κ3) is 4.44. The Bertz CT molecular complexity index is 986. The van der Waals surface area contributed by atoms with Gasteiger partial charge in [-0.05, 0) is 33.8 Å². The summed E-state index contributed by atoms with van der Waals surface area (Å²) in [6.45, 7) is 6.62. The van der Waals surface area contributed by atoms with Crippen molar-refractivity contribution >= 4 is 24.7 Å². The molecule has 3 rings (SSSR count). The molecule has 4 N–H and O–H groups in total. The first-order chi connectivity index (χ1) is 13.6. The van der Waals surface area contributed by atoms with E-state index in [0.717, 1.165) is 0 Å². The maximum Gasteiger partial charge on any atom is 0.363 e. The molecule has 12 heteroatoms. The Morgan fingerprint density at radius 2 is 1.97 bits per heavy atom. The van der Waals surface area contributed by atoms with E-state index in [1.807, 2.05) is 0 Å². The van der Waals surface area contributed by atoms with Crippen molar-refractivity contribution in [2.24, 2.45) is 0 Å². The van der Waals surface area contributed by atoms with Crippen molar-refractivity contribution in [1.29, 1.82) is 0 Å². The van der Waals surface area contributed by atoms with Crippen LogP contribution in [-0.2, 0) is 18.3 Å². The van der Waals surface area contributed by atoms with Crippen molar-refractivity contribution in [1.82, 2.24) is 19.5 Å². The SMILES string of the molecule is CC(C)OP(=O)(OC(C)C)[C@@H]1C=C[C@@H](n2cnc3c(=O)[nH]c(N)nc32)[C@@H](CO)O1. The number of fused-ring (bicyclic) bond motifs is 1. The molecular weight excluding hydrogens is 401 g/mol. The van der Waals surface area contributed by atoms with Gasteiger partial charge in [0.1, 0.15) is 6.10 Å². The van der Waals surface area contributed by atoms with Gasteiger partial charge in [-0.25, -0.2) is 4.98 Å². The van der Waals surface area contributed by atoms with Crippen molar-refractivity contribution in [2.75, 3.05) is 12.3 Å². The predicted molar refractivity (Wildman–Crippen MR) is 107 cm³/mol. The lowest BCUT2D eigenvalue weighted by Crippen LogP contribution is -2.37. The third-order valence-electron chi connectivity index (χ3n) is 4.15. The van der Waals surface area contributed by atoms with E-state index in [-0.39, 0.29) is 35.9 Å². The van der Waals surface area contributed by atoms with Crippen molar-refractivity contribution in [3.05, 3.63) is 28.8 Å².